The third kappa shape index (κ3) is 30.9. The molecule has 1 saturated heterocycles. The Morgan fingerprint density at radius 1 is 0.491 bits per heavy atom. The third-order valence-electron chi connectivity index (χ3n) is 9.83. The molecule has 0 aromatic rings. The minimum Gasteiger partial charge on any atom is -0.466 e. The molecule has 0 spiro atoms. The molecule has 1 aliphatic heterocycles. The summed E-state index contributed by atoms with van der Waals surface area (Å²) in [5, 5.41) is 2.63. The zero-order valence-corrected chi connectivity index (χ0v) is 34.9. The lowest BCUT2D eigenvalue weighted by atomic mass is 10.1. The second kappa shape index (κ2) is 36.7. The van der Waals surface area contributed by atoms with E-state index in [0.717, 1.165) is 103 Å². The second-order valence-corrected chi connectivity index (χ2v) is 15.0. The van der Waals surface area contributed by atoms with Crippen LogP contribution in [-0.4, -0.2) is 93.6 Å². The van der Waals surface area contributed by atoms with E-state index in [0.29, 0.717) is 45.4 Å². The molecule has 0 bridgehead atoms. The van der Waals surface area contributed by atoms with Gasteiger partial charge in [0.15, 0.2) is 0 Å². The lowest BCUT2D eigenvalue weighted by molar-refractivity contribution is -0.169. The van der Waals surface area contributed by atoms with E-state index in [4.69, 9.17) is 23.7 Å². The number of rotatable bonds is 37. The lowest BCUT2D eigenvalue weighted by Gasteiger charge is -2.17. The number of carbonyl (C=O) groups excluding carboxylic acids is 5. The maximum Gasteiger partial charge on any atom is 0.408 e. The van der Waals surface area contributed by atoms with Crippen molar-refractivity contribution in [3.8, 4) is 0 Å². The number of alkyl carbamates (subject to hydrolysis) is 1. The van der Waals surface area contributed by atoms with E-state index < -0.39 is 24.1 Å². The molecular formula is C43H78N2O10. The second-order valence-electron chi connectivity index (χ2n) is 15.0. The Balaban J connectivity index is 2.28. The third-order valence-corrected chi connectivity index (χ3v) is 9.83. The van der Waals surface area contributed by atoms with Gasteiger partial charge in [-0.05, 0) is 77.4 Å². The maximum atomic E-state index is 12.9. The Bertz CT molecular complexity index is 931. The number of nitrogens with one attached hydrogen (secondary N) is 1. The largest absolute Gasteiger partial charge is 0.466 e. The van der Waals surface area contributed by atoms with Gasteiger partial charge in [-0.3, -0.25) is 9.59 Å². The molecule has 1 aliphatic rings. The van der Waals surface area contributed by atoms with E-state index in [2.05, 4.69) is 24.1 Å². The minimum absolute atomic E-state index is 0.0797. The van der Waals surface area contributed by atoms with Crippen molar-refractivity contribution in [3.05, 3.63) is 0 Å². The number of carbonyl (C=O) groups is 5. The molecule has 0 aliphatic carbocycles. The first kappa shape index (κ1) is 50.1. The monoisotopic (exact) mass is 783 g/mol. The van der Waals surface area contributed by atoms with Gasteiger partial charge in [-0.25, -0.2) is 14.4 Å². The Hall–Kier alpha value is -2.89. The summed E-state index contributed by atoms with van der Waals surface area (Å²) in [4.78, 5) is 64.5. The van der Waals surface area contributed by atoms with Crippen LogP contribution in [-0.2, 0) is 42.9 Å². The van der Waals surface area contributed by atoms with Gasteiger partial charge in [0.1, 0.15) is 0 Å². The van der Waals surface area contributed by atoms with Gasteiger partial charge in [-0.15, -0.1) is 0 Å². The van der Waals surface area contributed by atoms with Crippen LogP contribution in [0.5, 0.6) is 0 Å². The van der Waals surface area contributed by atoms with Crippen molar-refractivity contribution in [1.29, 1.82) is 0 Å². The molecule has 0 aromatic carbocycles. The standard InChI is InChI=1S/C43H78N2O10/c1-3-5-7-9-15-23-34-51-38(46)28-19-13-11-17-25-36-53-41(48)40(55-43(50)44-30-27-33-45-31-21-22-32-45)42(49)54-37-26-18-12-14-20-29-39(47)52-35-24-16-10-8-6-4-2/h40H,3-37H2,1-2H3,(H,44,50). The number of hydrogen-bond donors (Lipinski definition) is 1. The Kier molecular flexibility index (Phi) is 33.5. The highest BCUT2D eigenvalue weighted by molar-refractivity contribution is 5.99. The predicted octanol–water partition coefficient (Wildman–Crippen LogP) is 9.14. The van der Waals surface area contributed by atoms with Gasteiger partial charge in [0, 0.05) is 19.4 Å². The highest BCUT2D eigenvalue weighted by atomic mass is 16.6. The summed E-state index contributed by atoms with van der Waals surface area (Å²) < 4.78 is 26.5. The number of esters is 4. The fourth-order valence-corrected chi connectivity index (χ4v) is 6.42. The molecule has 320 valence electrons. The summed E-state index contributed by atoms with van der Waals surface area (Å²) in [6, 6.07) is 0. The first-order valence-electron chi connectivity index (χ1n) is 22.2. The zero-order valence-electron chi connectivity index (χ0n) is 34.9. The van der Waals surface area contributed by atoms with Crippen LogP contribution in [0.15, 0.2) is 0 Å². The molecule has 0 atom stereocenters. The molecule has 55 heavy (non-hydrogen) atoms. The van der Waals surface area contributed by atoms with Gasteiger partial charge in [0.25, 0.3) is 6.10 Å². The summed E-state index contributed by atoms with van der Waals surface area (Å²) in [5.41, 5.74) is 0. The molecule has 12 heteroatoms. The van der Waals surface area contributed by atoms with Gasteiger partial charge < -0.3 is 33.9 Å². The fraction of sp³-hybridized carbons (Fsp3) is 0.884. The number of amides is 1. The molecule has 0 radical (unpaired) electrons. The van der Waals surface area contributed by atoms with Crippen molar-refractivity contribution in [2.45, 2.75) is 193 Å². The molecule has 1 heterocycles. The average Bonchev–Trinajstić information content (AvgIpc) is 3.70. The van der Waals surface area contributed by atoms with Crippen LogP contribution >= 0.6 is 0 Å². The Labute approximate surface area is 333 Å². The van der Waals surface area contributed by atoms with Crippen LogP contribution in [0.1, 0.15) is 187 Å². The summed E-state index contributed by atoms with van der Waals surface area (Å²) >= 11 is 0. The predicted molar refractivity (Wildman–Crippen MR) is 215 cm³/mol. The number of nitrogens with zero attached hydrogens (tertiary/aromatic N) is 1. The topological polar surface area (TPSA) is 147 Å². The molecule has 1 fully saturated rings. The molecule has 1 N–H and O–H groups in total. The van der Waals surface area contributed by atoms with Gasteiger partial charge in [-0.1, -0.05) is 117 Å². The van der Waals surface area contributed by atoms with Crippen LogP contribution in [0.4, 0.5) is 4.79 Å². The molecule has 0 saturated carbocycles. The van der Waals surface area contributed by atoms with E-state index in [1.165, 1.54) is 64.2 Å². The van der Waals surface area contributed by atoms with Crippen molar-refractivity contribution in [3.63, 3.8) is 0 Å². The van der Waals surface area contributed by atoms with Crippen LogP contribution < -0.4 is 5.32 Å². The van der Waals surface area contributed by atoms with Gasteiger partial charge in [-0.2, -0.15) is 0 Å². The van der Waals surface area contributed by atoms with Crippen molar-refractivity contribution in [1.82, 2.24) is 10.2 Å². The Morgan fingerprint density at radius 2 is 0.873 bits per heavy atom. The summed E-state index contributed by atoms with van der Waals surface area (Å²) in [5.74, 6) is -2.20. The summed E-state index contributed by atoms with van der Waals surface area (Å²) in [6.07, 6.45) is 22.8. The molecule has 0 unspecified atom stereocenters. The molecule has 0 aromatic heterocycles. The van der Waals surface area contributed by atoms with E-state index >= 15 is 0 Å². The van der Waals surface area contributed by atoms with Crippen molar-refractivity contribution < 1.29 is 47.7 Å². The van der Waals surface area contributed by atoms with Crippen LogP contribution in [0, 0.1) is 0 Å². The first-order valence-corrected chi connectivity index (χ1v) is 22.2. The highest BCUT2D eigenvalue weighted by Gasteiger charge is 2.34. The van der Waals surface area contributed by atoms with Gasteiger partial charge in [0.05, 0.1) is 26.4 Å². The molecule has 12 nitrogen and oxygen atoms in total. The van der Waals surface area contributed by atoms with Crippen LogP contribution in [0.2, 0.25) is 0 Å². The van der Waals surface area contributed by atoms with E-state index in [-0.39, 0.29) is 25.2 Å². The number of ether oxygens (including phenoxy) is 5. The van der Waals surface area contributed by atoms with Crippen molar-refractivity contribution in [2.75, 3.05) is 52.6 Å². The maximum absolute atomic E-state index is 12.9. The van der Waals surface area contributed by atoms with E-state index in [1.807, 2.05) is 0 Å². The lowest BCUT2D eigenvalue weighted by Crippen LogP contribution is -2.41. The quantitative estimate of drug-likeness (QED) is 0.0279. The summed E-state index contributed by atoms with van der Waals surface area (Å²) in [6.45, 7) is 8.88. The van der Waals surface area contributed by atoms with E-state index in [1.54, 1.807) is 0 Å². The highest BCUT2D eigenvalue weighted by Crippen LogP contribution is 2.12. The minimum atomic E-state index is -1.80. The molecular weight excluding hydrogens is 704 g/mol. The molecule has 1 rings (SSSR count). The number of hydrogen-bond acceptors (Lipinski definition) is 11. The van der Waals surface area contributed by atoms with Crippen molar-refractivity contribution >= 4 is 30.0 Å². The number of unbranched alkanes of at least 4 members (excludes halogenated alkanes) is 18. The van der Waals surface area contributed by atoms with Crippen LogP contribution in [0.3, 0.4) is 0 Å². The fourth-order valence-electron chi connectivity index (χ4n) is 6.42. The normalized spacial score (nSPS) is 12.8. The number of likely N-dealkylation sites (tertiary alicyclic amines) is 1. The van der Waals surface area contributed by atoms with Crippen molar-refractivity contribution in [2.24, 2.45) is 0 Å². The van der Waals surface area contributed by atoms with Crippen LogP contribution in [0.25, 0.3) is 0 Å². The average molecular weight is 783 g/mol. The zero-order chi connectivity index (χ0) is 40.0. The van der Waals surface area contributed by atoms with Gasteiger partial charge in [0.2, 0.25) is 0 Å². The smallest absolute Gasteiger partial charge is 0.408 e. The van der Waals surface area contributed by atoms with Gasteiger partial charge >= 0.3 is 30.0 Å². The summed E-state index contributed by atoms with van der Waals surface area (Å²) in [7, 11) is 0. The first-order chi connectivity index (χ1) is 26.9. The van der Waals surface area contributed by atoms with E-state index in [9.17, 15) is 24.0 Å². The molecule has 1 amide bonds. The SMILES string of the molecule is CCCCCCCCOC(=O)CCCCCCCOC(=O)C(OC(=O)NCCCN1CCCC1)C(=O)OCCCCCCCC(=O)OCCCCCCCC. The Morgan fingerprint density at radius 3 is 1.31 bits per heavy atom.